The van der Waals surface area contributed by atoms with Crippen molar-refractivity contribution < 1.29 is 13.2 Å². The lowest BCUT2D eigenvalue weighted by Gasteiger charge is -2.06. The summed E-state index contributed by atoms with van der Waals surface area (Å²) in [5.74, 6) is -0.226. The quantitative estimate of drug-likeness (QED) is 0.558. The first-order chi connectivity index (χ1) is 11.9. The molecule has 0 spiro atoms. The fourth-order valence-corrected chi connectivity index (χ4v) is 4.65. The van der Waals surface area contributed by atoms with Gasteiger partial charge in [-0.1, -0.05) is 0 Å². The molecule has 1 aromatic carbocycles. The first kappa shape index (κ1) is 16.1. The Kier molecular flexibility index (Phi) is 3.74. The predicted octanol–water partition coefficient (Wildman–Crippen LogP) is 3.23. The molecular weight excluding hydrogens is 380 g/mol. The zero-order valence-electron chi connectivity index (χ0n) is 12.9. The molecule has 7 nitrogen and oxygen atoms in total. The van der Waals surface area contributed by atoms with Crippen LogP contribution >= 0.6 is 22.7 Å². The van der Waals surface area contributed by atoms with Crippen molar-refractivity contribution in [2.45, 2.75) is 0 Å². The molecule has 2 N–H and O–H groups in total. The second kappa shape index (κ2) is 5.83. The lowest BCUT2D eigenvalue weighted by molar-refractivity contribution is 0.103. The Balaban J connectivity index is 1.54. The predicted molar refractivity (Wildman–Crippen MR) is 101 cm³/mol. The van der Waals surface area contributed by atoms with Crippen molar-refractivity contribution in [1.82, 2.24) is 9.38 Å². The van der Waals surface area contributed by atoms with Crippen LogP contribution in [0.25, 0.3) is 15.3 Å². The van der Waals surface area contributed by atoms with E-state index in [1.807, 2.05) is 22.0 Å². The number of nitrogens with zero attached hydrogens (tertiary/aromatic N) is 2. The van der Waals surface area contributed by atoms with Gasteiger partial charge < -0.3 is 5.32 Å². The highest BCUT2D eigenvalue weighted by Gasteiger charge is 2.15. The minimum Gasteiger partial charge on any atom is -0.321 e. The number of carbonyl (C=O) groups excluding carboxylic acids is 1. The molecule has 4 rings (SSSR count). The van der Waals surface area contributed by atoms with Gasteiger partial charge in [-0.05, 0) is 30.3 Å². The van der Waals surface area contributed by atoms with Gasteiger partial charge >= 0.3 is 0 Å². The number of amides is 1. The number of thiophene rings is 1. The topological polar surface area (TPSA) is 92.6 Å². The number of hydrogen-bond donors (Lipinski definition) is 2. The molecule has 0 unspecified atom stereocenters. The highest BCUT2D eigenvalue weighted by Crippen LogP contribution is 2.28. The van der Waals surface area contributed by atoms with Crippen LogP contribution < -0.4 is 10.0 Å². The number of carbonyl (C=O) groups is 1. The van der Waals surface area contributed by atoms with Gasteiger partial charge in [-0.15, -0.1) is 22.7 Å². The monoisotopic (exact) mass is 392 g/mol. The number of thiazole rings is 1. The molecule has 0 aliphatic carbocycles. The summed E-state index contributed by atoms with van der Waals surface area (Å²) in [6, 6.07) is 8.29. The molecule has 0 fully saturated rings. The van der Waals surface area contributed by atoms with Crippen molar-refractivity contribution in [2.75, 3.05) is 16.3 Å². The van der Waals surface area contributed by atoms with E-state index >= 15 is 0 Å². The van der Waals surface area contributed by atoms with Gasteiger partial charge in [-0.3, -0.25) is 13.9 Å². The van der Waals surface area contributed by atoms with Crippen LogP contribution in [-0.4, -0.2) is 30.0 Å². The molecule has 0 bridgehead atoms. The maximum absolute atomic E-state index is 12.4. The Morgan fingerprint density at radius 3 is 2.64 bits per heavy atom. The molecule has 0 radical (unpaired) electrons. The minimum absolute atomic E-state index is 0.226. The molecule has 0 aliphatic rings. The zero-order chi connectivity index (χ0) is 17.6. The number of benzene rings is 1. The van der Waals surface area contributed by atoms with Crippen molar-refractivity contribution in [1.29, 1.82) is 0 Å². The third kappa shape index (κ3) is 3.23. The third-order valence-corrected chi connectivity index (χ3v) is 5.79. The summed E-state index contributed by atoms with van der Waals surface area (Å²) in [5.41, 5.74) is 1.94. The number of nitrogens with one attached hydrogen (secondary N) is 2. The van der Waals surface area contributed by atoms with E-state index in [0.717, 1.165) is 21.6 Å². The number of rotatable bonds is 4. The summed E-state index contributed by atoms with van der Waals surface area (Å²) in [5, 5.41) is 4.75. The second-order valence-corrected chi connectivity index (χ2v) is 9.03. The molecule has 10 heteroatoms. The molecule has 3 aromatic heterocycles. The Bertz CT molecular complexity index is 1190. The van der Waals surface area contributed by atoms with Crippen LogP contribution in [0.2, 0.25) is 0 Å². The normalized spacial score (nSPS) is 11.9. The Labute approximate surface area is 151 Å². The largest absolute Gasteiger partial charge is 0.321 e. The van der Waals surface area contributed by atoms with Crippen LogP contribution in [0, 0.1) is 0 Å². The van der Waals surface area contributed by atoms with Crippen LogP contribution in [0.5, 0.6) is 0 Å². The minimum atomic E-state index is -3.32. The standard InChI is InChI=1S/C15H12N4O3S3/c1-25(21,22)18-10-4-2-9(3-5-10)16-13(20)12-8-11-14(24-12)17-15-19(11)6-7-23-15/h2-8,18H,1H3,(H,16,20). The van der Waals surface area contributed by atoms with E-state index in [1.54, 1.807) is 35.6 Å². The van der Waals surface area contributed by atoms with Crippen molar-refractivity contribution in [3.63, 3.8) is 0 Å². The van der Waals surface area contributed by atoms with Gasteiger partial charge in [0.25, 0.3) is 5.91 Å². The Hall–Kier alpha value is -2.43. The summed E-state index contributed by atoms with van der Waals surface area (Å²) in [4.78, 5) is 19.2. The third-order valence-electron chi connectivity index (χ3n) is 3.41. The van der Waals surface area contributed by atoms with Gasteiger partial charge in [0, 0.05) is 23.0 Å². The average molecular weight is 392 g/mol. The first-order valence-corrected chi connectivity index (χ1v) is 10.7. The van der Waals surface area contributed by atoms with E-state index in [9.17, 15) is 13.2 Å². The van der Waals surface area contributed by atoms with Crippen molar-refractivity contribution >= 4 is 65.3 Å². The Morgan fingerprint density at radius 1 is 1.20 bits per heavy atom. The number of fused-ring (bicyclic) bond motifs is 3. The molecule has 1 amide bonds. The van der Waals surface area contributed by atoms with Crippen molar-refractivity contribution in [2.24, 2.45) is 0 Å². The number of aromatic nitrogens is 2. The van der Waals surface area contributed by atoms with Crippen LogP contribution in [-0.2, 0) is 10.0 Å². The van der Waals surface area contributed by atoms with Crippen LogP contribution in [0.1, 0.15) is 9.67 Å². The van der Waals surface area contributed by atoms with Crippen molar-refractivity contribution in [3.05, 3.63) is 46.8 Å². The summed E-state index contributed by atoms with van der Waals surface area (Å²) in [6.45, 7) is 0. The lowest BCUT2D eigenvalue weighted by Crippen LogP contribution is -2.11. The zero-order valence-corrected chi connectivity index (χ0v) is 15.3. The molecule has 0 saturated heterocycles. The molecule has 0 saturated carbocycles. The smallest absolute Gasteiger partial charge is 0.265 e. The van der Waals surface area contributed by atoms with Crippen LogP contribution in [0.4, 0.5) is 11.4 Å². The summed E-state index contributed by atoms with van der Waals surface area (Å²) in [6.07, 6.45) is 3.01. The molecule has 0 aliphatic heterocycles. The first-order valence-electron chi connectivity index (χ1n) is 7.13. The van der Waals surface area contributed by atoms with Crippen molar-refractivity contribution in [3.8, 4) is 0 Å². The second-order valence-electron chi connectivity index (χ2n) is 5.37. The van der Waals surface area contributed by atoms with E-state index in [2.05, 4.69) is 15.0 Å². The van der Waals surface area contributed by atoms with Gasteiger partial charge in [0.15, 0.2) is 4.96 Å². The van der Waals surface area contributed by atoms with Gasteiger partial charge in [-0.25, -0.2) is 13.4 Å². The van der Waals surface area contributed by atoms with Gasteiger partial charge in [-0.2, -0.15) is 0 Å². The fourth-order valence-electron chi connectivity index (χ4n) is 2.39. The summed E-state index contributed by atoms with van der Waals surface area (Å²) < 4.78 is 26.7. The van der Waals surface area contributed by atoms with Crippen LogP contribution in [0.15, 0.2) is 41.9 Å². The van der Waals surface area contributed by atoms with Gasteiger partial charge in [0.05, 0.1) is 16.6 Å². The SMILES string of the molecule is CS(=O)(=O)Nc1ccc(NC(=O)c2cc3c(nc4sccn43)s2)cc1. The van der Waals surface area contributed by atoms with Crippen LogP contribution in [0.3, 0.4) is 0 Å². The lowest BCUT2D eigenvalue weighted by atomic mass is 10.3. The summed E-state index contributed by atoms with van der Waals surface area (Å²) >= 11 is 2.89. The number of sulfonamides is 1. The maximum atomic E-state index is 12.4. The fraction of sp³-hybridized carbons (Fsp3) is 0.0667. The van der Waals surface area contributed by atoms with E-state index in [4.69, 9.17) is 0 Å². The van der Waals surface area contributed by atoms with E-state index in [0.29, 0.717) is 16.3 Å². The molecule has 128 valence electrons. The number of hydrogen-bond acceptors (Lipinski definition) is 6. The van der Waals surface area contributed by atoms with E-state index < -0.39 is 10.0 Å². The highest BCUT2D eigenvalue weighted by molar-refractivity contribution is 7.92. The van der Waals surface area contributed by atoms with E-state index in [-0.39, 0.29) is 5.91 Å². The molecule has 0 atom stereocenters. The average Bonchev–Trinajstić information content (AvgIpc) is 3.19. The number of imidazole rings is 1. The molecule has 25 heavy (non-hydrogen) atoms. The van der Waals surface area contributed by atoms with E-state index in [1.165, 1.54) is 11.3 Å². The Morgan fingerprint density at radius 2 is 1.92 bits per heavy atom. The molecule has 4 aromatic rings. The van der Waals surface area contributed by atoms with Gasteiger partial charge in [0.1, 0.15) is 4.83 Å². The van der Waals surface area contributed by atoms with Gasteiger partial charge in [0.2, 0.25) is 10.0 Å². The molecular formula is C15H12N4O3S3. The number of anilines is 2. The molecule has 3 heterocycles. The summed E-state index contributed by atoms with van der Waals surface area (Å²) in [7, 11) is -3.32. The maximum Gasteiger partial charge on any atom is 0.265 e. The highest BCUT2D eigenvalue weighted by atomic mass is 32.2.